The predicted octanol–water partition coefficient (Wildman–Crippen LogP) is 2.43. The van der Waals surface area contributed by atoms with Crippen molar-refractivity contribution in [1.29, 1.82) is 0 Å². The molecule has 0 aromatic rings. The van der Waals surface area contributed by atoms with E-state index in [1.54, 1.807) is 0 Å². The first-order valence-corrected chi connectivity index (χ1v) is 6.44. The molecule has 4 fully saturated rings. The molecule has 4 atom stereocenters. The highest BCUT2D eigenvalue weighted by Crippen LogP contribution is 2.65. The van der Waals surface area contributed by atoms with Crippen LogP contribution < -0.4 is 0 Å². The highest BCUT2D eigenvalue weighted by atomic mass is 17.2. The third-order valence-corrected chi connectivity index (χ3v) is 5.64. The highest BCUT2D eigenvalue weighted by Gasteiger charge is 2.68. The fourth-order valence-electron chi connectivity index (χ4n) is 4.41. The van der Waals surface area contributed by atoms with Crippen LogP contribution >= 0.6 is 0 Å². The van der Waals surface area contributed by atoms with Crippen LogP contribution in [0.4, 0.5) is 0 Å². The predicted molar refractivity (Wildman–Crippen MR) is 59.7 cm³/mol. The molecule has 4 aliphatic rings. The summed E-state index contributed by atoms with van der Waals surface area (Å²) in [7, 11) is 0. The first-order chi connectivity index (χ1) is 7.41. The molecule has 0 amide bonds. The molecular formula is C13H22O3. The maximum absolute atomic E-state index is 10.3. The molecule has 1 spiro atoms. The van der Waals surface area contributed by atoms with Gasteiger partial charge in [0.1, 0.15) is 5.60 Å². The summed E-state index contributed by atoms with van der Waals surface area (Å²) in [4.78, 5) is 11.3. The normalized spacial score (nSPS) is 54.8. The van der Waals surface area contributed by atoms with Gasteiger partial charge in [-0.2, -0.15) is 0 Å². The van der Waals surface area contributed by atoms with E-state index in [-0.39, 0.29) is 28.6 Å². The summed E-state index contributed by atoms with van der Waals surface area (Å²) in [5.41, 5.74) is -0.325. The minimum Gasteiger partial charge on any atom is -0.392 e. The monoisotopic (exact) mass is 226 g/mol. The van der Waals surface area contributed by atoms with E-state index in [0.717, 1.165) is 32.1 Å². The number of fused-ring (bicyclic) bond motifs is 2. The van der Waals surface area contributed by atoms with Gasteiger partial charge in [-0.15, -0.1) is 0 Å². The largest absolute Gasteiger partial charge is 0.392 e. The molecule has 0 aromatic carbocycles. The SMILES string of the molecule is CC12CCC(O)C(C)(C)C13CCC(C2)OO3. The Labute approximate surface area is 97.1 Å². The number of aliphatic hydroxyl groups excluding tert-OH is 1. The molecule has 1 N–H and O–H groups in total. The van der Waals surface area contributed by atoms with Gasteiger partial charge < -0.3 is 5.11 Å². The molecule has 2 saturated carbocycles. The molecule has 3 nitrogen and oxygen atoms in total. The van der Waals surface area contributed by atoms with Crippen molar-refractivity contribution < 1.29 is 14.9 Å². The molecule has 2 bridgehead atoms. The third kappa shape index (κ3) is 1.05. The summed E-state index contributed by atoms with van der Waals surface area (Å²) in [5, 5.41) is 10.3. The Kier molecular flexibility index (Phi) is 2.07. The van der Waals surface area contributed by atoms with Crippen LogP contribution in [0, 0.1) is 10.8 Å². The van der Waals surface area contributed by atoms with Crippen LogP contribution in [0.2, 0.25) is 0 Å². The molecule has 0 aromatic heterocycles. The molecule has 4 rings (SSSR count). The lowest BCUT2D eigenvalue weighted by Crippen LogP contribution is -2.70. The van der Waals surface area contributed by atoms with Gasteiger partial charge in [0.2, 0.25) is 0 Å². The van der Waals surface area contributed by atoms with Gasteiger partial charge >= 0.3 is 0 Å². The Morgan fingerprint density at radius 2 is 1.88 bits per heavy atom. The summed E-state index contributed by atoms with van der Waals surface area (Å²) < 4.78 is 0. The van der Waals surface area contributed by atoms with Crippen LogP contribution in [0.1, 0.15) is 52.9 Å². The summed E-state index contributed by atoms with van der Waals surface area (Å²) >= 11 is 0. The summed E-state index contributed by atoms with van der Waals surface area (Å²) in [5.74, 6) is 0. The van der Waals surface area contributed by atoms with Gasteiger partial charge in [-0.05, 0) is 32.1 Å². The molecule has 2 aliphatic heterocycles. The summed E-state index contributed by atoms with van der Waals surface area (Å²) in [6, 6.07) is 0. The van der Waals surface area contributed by atoms with Crippen LogP contribution in [0.3, 0.4) is 0 Å². The summed E-state index contributed by atoms with van der Waals surface area (Å²) in [6.07, 6.45) is 5.13. The second kappa shape index (κ2) is 3.01. The molecule has 0 radical (unpaired) electrons. The van der Waals surface area contributed by atoms with Crippen molar-refractivity contribution in [2.75, 3.05) is 0 Å². The maximum atomic E-state index is 10.3. The van der Waals surface area contributed by atoms with Crippen molar-refractivity contribution in [2.45, 2.75) is 70.7 Å². The van der Waals surface area contributed by atoms with E-state index >= 15 is 0 Å². The fraction of sp³-hybridized carbons (Fsp3) is 1.00. The Morgan fingerprint density at radius 1 is 1.12 bits per heavy atom. The quantitative estimate of drug-likeness (QED) is 0.645. The van der Waals surface area contributed by atoms with E-state index in [0.29, 0.717) is 0 Å². The van der Waals surface area contributed by atoms with Gasteiger partial charge in [-0.3, -0.25) is 0 Å². The molecular weight excluding hydrogens is 204 g/mol. The van der Waals surface area contributed by atoms with Crippen molar-refractivity contribution in [3.63, 3.8) is 0 Å². The van der Waals surface area contributed by atoms with Gasteiger partial charge in [0.25, 0.3) is 0 Å². The standard InChI is InChI=1S/C13H22O3/c1-11(2)10(14)5-6-12(3)8-9-4-7-13(11,12)16-15-9/h9-10,14H,4-8H2,1-3H3. The number of rotatable bonds is 0. The van der Waals surface area contributed by atoms with Gasteiger partial charge in [-0.25, -0.2) is 9.78 Å². The average molecular weight is 226 g/mol. The van der Waals surface area contributed by atoms with E-state index < -0.39 is 0 Å². The van der Waals surface area contributed by atoms with Crippen molar-refractivity contribution in [1.82, 2.24) is 0 Å². The molecule has 2 saturated heterocycles. The third-order valence-electron chi connectivity index (χ3n) is 5.64. The van der Waals surface area contributed by atoms with Crippen molar-refractivity contribution in [3.8, 4) is 0 Å². The maximum Gasteiger partial charge on any atom is 0.117 e. The number of aliphatic hydroxyl groups is 1. The van der Waals surface area contributed by atoms with Gasteiger partial charge in [0.05, 0.1) is 12.2 Å². The lowest BCUT2D eigenvalue weighted by Gasteiger charge is -2.66. The molecule has 2 heterocycles. The summed E-state index contributed by atoms with van der Waals surface area (Å²) in [6.45, 7) is 6.57. The Bertz CT molecular complexity index is 298. The minimum atomic E-state index is -0.285. The molecule has 16 heavy (non-hydrogen) atoms. The van der Waals surface area contributed by atoms with Gasteiger partial charge in [-0.1, -0.05) is 20.8 Å². The van der Waals surface area contributed by atoms with Crippen LogP contribution in [-0.4, -0.2) is 22.9 Å². The van der Waals surface area contributed by atoms with Crippen molar-refractivity contribution >= 4 is 0 Å². The topological polar surface area (TPSA) is 38.7 Å². The van der Waals surface area contributed by atoms with E-state index in [1.165, 1.54) is 0 Å². The van der Waals surface area contributed by atoms with Gasteiger partial charge in [0, 0.05) is 10.8 Å². The zero-order chi connectivity index (χ0) is 11.6. The molecule has 92 valence electrons. The van der Waals surface area contributed by atoms with E-state index in [4.69, 9.17) is 9.78 Å². The number of hydrogen-bond acceptors (Lipinski definition) is 3. The van der Waals surface area contributed by atoms with Crippen LogP contribution in [-0.2, 0) is 9.78 Å². The average Bonchev–Trinajstić information content (AvgIpc) is 2.25. The van der Waals surface area contributed by atoms with E-state index in [9.17, 15) is 5.11 Å². The minimum absolute atomic E-state index is 0.177. The van der Waals surface area contributed by atoms with Gasteiger partial charge in [0.15, 0.2) is 0 Å². The zero-order valence-corrected chi connectivity index (χ0v) is 10.5. The fourth-order valence-corrected chi connectivity index (χ4v) is 4.41. The Morgan fingerprint density at radius 3 is 2.50 bits per heavy atom. The van der Waals surface area contributed by atoms with Crippen LogP contribution in [0.15, 0.2) is 0 Å². The van der Waals surface area contributed by atoms with E-state index in [1.807, 2.05) is 0 Å². The zero-order valence-electron chi connectivity index (χ0n) is 10.5. The first kappa shape index (κ1) is 11.0. The second-order valence-corrected chi connectivity index (χ2v) is 6.71. The second-order valence-electron chi connectivity index (χ2n) is 6.71. The molecule has 4 unspecified atom stereocenters. The Balaban J connectivity index is 2.08. The van der Waals surface area contributed by atoms with Crippen LogP contribution in [0.25, 0.3) is 0 Å². The molecule has 2 aliphatic carbocycles. The Hall–Kier alpha value is -0.120. The molecule has 3 heteroatoms. The lowest BCUT2D eigenvalue weighted by molar-refractivity contribution is -0.496. The van der Waals surface area contributed by atoms with Crippen molar-refractivity contribution in [3.05, 3.63) is 0 Å². The first-order valence-electron chi connectivity index (χ1n) is 6.44. The smallest absolute Gasteiger partial charge is 0.117 e. The lowest BCUT2D eigenvalue weighted by atomic mass is 9.47. The van der Waals surface area contributed by atoms with Crippen LogP contribution in [0.5, 0.6) is 0 Å². The number of hydrogen-bond donors (Lipinski definition) is 1. The van der Waals surface area contributed by atoms with Crippen molar-refractivity contribution in [2.24, 2.45) is 10.8 Å². The highest BCUT2D eigenvalue weighted by molar-refractivity contribution is 5.15. The van der Waals surface area contributed by atoms with E-state index in [2.05, 4.69) is 20.8 Å².